The molecule has 0 aliphatic rings. The van der Waals surface area contributed by atoms with Gasteiger partial charge in [0.1, 0.15) is 15.0 Å². The van der Waals surface area contributed by atoms with Crippen LogP contribution in [0.4, 0.5) is 0 Å². The summed E-state index contributed by atoms with van der Waals surface area (Å²) in [6, 6.07) is 8.40. The summed E-state index contributed by atoms with van der Waals surface area (Å²) in [5.74, 6) is 0. The van der Waals surface area contributed by atoms with Gasteiger partial charge >= 0.3 is 0 Å². The Balaban J connectivity index is 2.55. The van der Waals surface area contributed by atoms with E-state index in [0.29, 0.717) is 0 Å². The first-order valence-corrected chi connectivity index (χ1v) is 6.01. The van der Waals surface area contributed by atoms with Gasteiger partial charge in [0.25, 0.3) is 0 Å². The van der Waals surface area contributed by atoms with Crippen LogP contribution in [0.1, 0.15) is 11.3 Å². The van der Waals surface area contributed by atoms with Gasteiger partial charge in [0.05, 0.1) is 19.1 Å². The van der Waals surface area contributed by atoms with Crippen LogP contribution in [0.25, 0.3) is 11.4 Å². The van der Waals surface area contributed by atoms with Crippen LogP contribution in [0.3, 0.4) is 0 Å². The SMILES string of the molecule is BBc1cc(C)cc(-c2cc(B)cc(C)n2)n1. The third-order valence-corrected chi connectivity index (χ3v) is 2.75. The number of aromatic nitrogens is 2. The number of pyridine rings is 2. The minimum absolute atomic E-state index is 0.958. The van der Waals surface area contributed by atoms with E-state index in [4.69, 9.17) is 0 Å². The maximum absolute atomic E-state index is 4.64. The van der Waals surface area contributed by atoms with E-state index in [9.17, 15) is 0 Å². The molecular weight excluding hydrogens is 205 g/mol. The summed E-state index contributed by atoms with van der Waals surface area (Å²) < 4.78 is 0. The molecule has 0 saturated heterocycles. The standard InChI is InChI=1S/C12H15B3N2/c1-7-3-10(17-12(4-7)15-14)11-6-9(13)5-8(2)16-11/h3-6,15H,13-14H2,1-2H3. The van der Waals surface area contributed by atoms with E-state index in [-0.39, 0.29) is 0 Å². The molecule has 2 nitrogen and oxygen atoms in total. The fourth-order valence-electron chi connectivity index (χ4n) is 2.02. The van der Waals surface area contributed by atoms with Crippen LogP contribution in [-0.4, -0.2) is 32.7 Å². The largest absolute Gasteiger partial charge is 0.262 e. The summed E-state index contributed by atoms with van der Waals surface area (Å²) in [5, 5.41) is 0. The molecule has 17 heavy (non-hydrogen) atoms. The second-order valence-electron chi connectivity index (χ2n) is 4.55. The monoisotopic (exact) mass is 220 g/mol. The van der Waals surface area contributed by atoms with Crippen molar-refractivity contribution in [1.82, 2.24) is 9.97 Å². The summed E-state index contributed by atoms with van der Waals surface area (Å²) in [4.78, 5) is 9.20. The molecule has 82 valence electrons. The normalized spacial score (nSPS) is 10.2. The maximum atomic E-state index is 4.64. The van der Waals surface area contributed by atoms with Gasteiger partial charge in [-0.2, -0.15) is 0 Å². The summed E-state index contributed by atoms with van der Waals surface area (Å²) in [6.45, 7) is 4.13. The molecule has 0 atom stereocenters. The van der Waals surface area contributed by atoms with Crippen LogP contribution in [-0.2, 0) is 0 Å². The Morgan fingerprint density at radius 1 is 1.00 bits per heavy atom. The molecule has 0 saturated carbocycles. The zero-order valence-corrected chi connectivity index (χ0v) is 10.9. The average Bonchev–Trinajstić information content (AvgIpc) is 2.26. The van der Waals surface area contributed by atoms with Crippen molar-refractivity contribution in [2.45, 2.75) is 13.8 Å². The molecule has 0 bridgehead atoms. The van der Waals surface area contributed by atoms with Gasteiger partial charge in [-0.3, -0.25) is 9.97 Å². The Hall–Kier alpha value is -1.51. The van der Waals surface area contributed by atoms with E-state index in [1.54, 1.807) is 0 Å². The van der Waals surface area contributed by atoms with Crippen molar-refractivity contribution in [3.05, 3.63) is 35.5 Å². The Kier molecular flexibility index (Phi) is 3.37. The van der Waals surface area contributed by atoms with Crippen molar-refractivity contribution in [3.63, 3.8) is 0 Å². The predicted octanol–water partition coefficient (Wildman–Crippen LogP) is -1.37. The molecule has 0 N–H and O–H groups in total. The van der Waals surface area contributed by atoms with E-state index in [1.165, 1.54) is 11.0 Å². The summed E-state index contributed by atoms with van der Waals surface area (Å²) >= 11 is 0. The van der Waals surface area contributed by atoms with Crippen LogP contribution >= 0.6 is 0 Å². The molecule has 0 spiro atoms. The summed E-state index contributed by atoms with van der Waals surface area (Å²) in [5.41, 5.74) is 6.60. The Bertz CT molecular complexity index is 535. The number of hydrogen-bond donors (Lipinski definition) is 0. The Morgan fingerprint density at radius 2 is 1.71 bits per heavy atom. The fourth-order valence-corrected chi connectivity index (χ4v) is 2.02. The average molecular weight is 220 g/mol. The molecule has 0 fully saturated rings. The lowest BCUT2D eigenvalue weighted by atomic mass is 9.53. The number of nitrogens with zero attached hydrogens (tertiary/aromatic N) is 2. The van der Waals surface area contributed by atoms with Crippen molar-refractivity contribution < 1.29 is 0 Å². The van der Waals surface area contributed by atoms with Crippen LogP contribution < -0.4 is 11.1 Å². The van der Waals surface area contributed by atoms with Gasteiger partial charge in [-0.1, -0.05) is 5.46 Å². The van der Waals surface area contributed by atoms with E-state index >= 15 is 0 Å². The van der Waals surface area contributed by atoms with Gasteiger partial charge in [0.2, 0.25) is 0 Å². The molecule has 0 aliphatic heterocycles. The zero-order chi connectivity index (χ0) is 12.4. The molecule has 2 aromatic rings. The van der Waals surface area contributed by atoms with Crippen molar-refractivity contribution >= 4 is 33.8 Å². The van der Waals surface area contributed by atoms with Gasteiger partial charge in [-0.05, 0) is 49.3 Å². The zero-order valence-electron chi connectivity index (χ0n) is 10.9. The molecule has 0 amide bonds. The van der Waals surface area contributed by atoms with Crippen molar-refractivity contribution in [1.29, 1.82) is 0 Å². The smallest absolute Gasteiger partial charge is 0.143 e. The minimum atomic E-state index is 0.958. The molecule has 0 aromatic carbocycles. The molecule has 2 aromatic heterocycles. The molecule has 0 aliphatic carbocycles. The topological polar surface area (TPSA) is 25.8 Å². The quantitative estimate of drug-likeness (QED) is 0.583. The fraction of sp³-hybridized carbons (Fsp3) is 0.167. The highest BCUT2D eigenvalue weighted by atomic mass is 14.8. The van der Waals surface area contributed by atoms with Gasteiger partial charge in [0.15, 0.2) is 0 Å². The molecular formula is C12H15B3N2. The lowest BCUT2D eigenvalue weighted by molar-refractivity contribution is 1.19. The number of hydrogen-bond acceptors (Lipinski definition) is 2. The summed E-state index contributed by atoms with van der Waals surface area (Å²) in [7, 11) is 5.18. The highest BCUT2D eigenvalue weighted by Crippen LogP contribution is 2.13. The molecule has 2 heterocycles. The first kappa shape index (κ1) is 12.0. The lowest BCUT2D eigenvalue weighted by Gasteiger charge is -2.07. The summed E-state index contributed by atoms with van der Waals surface area (Å²) in [6.07, 6.45) is 0. The van der Waals surface area contributed by atoms with E-state index in [2.05, 4.69) is 56.7 Å². The second-order valence-corrected chi connectivity index (χ2v) is 4.55. The highest BCUT2D eigenvalue weighted by molar-refractivity contribution is 6.97. The van der Waals surface area contributed by atoms with E-state index in [1.807, 2.05) is 6.92 Å². The van der Waals surface area contributed by atoms with Gasteiger partial charge in [-0.15, -0.1) is 0 Å². The third-order valence-electron chi connectivity index (χ3n) is 2.75. The minimum Gasteiger partial charge on any atom is -0.262 e. The Morgan fingerprint density at radius 3 is 2.35 bits per heavy atom. The van der Waals surface area contributed by atoms with Crippen molar-refractivity contribution in [2.75, 3.05) is 0 Å². The van der Waals surface area contributed by atoms with E-state index in [0.717, 1.165) is 29.8 Å². The van der Waals surface area contributed by atoms with Crippen LogP contribution in [0.15, 0.2) is 24.3 Å². The van der Waals surface area contributed by atoms with Crippen LogP contribution in [0, 0.1) is 13.8 Å². The maximum Gasteiger partial charge on any atom is 0.143 e. The first-order chi connectivity index (χ1) is 8.08. The van der Waals surface area contributed by atoms with Crippen LogP contribution in [0.5, 0.6) is 0 Å². The number of rotatable bonds is 2. The van der Waals surface area contributed by atoms with Crippen molar-refractivity contribution in [3.8, 4) is 11.4 Å². The first-order valence-electron chi connectivity index (χ1n) is 6.01. The Labute approximate surface area is 105 Å². The van der Waals surface area contributed by atoms with Crippen LogP contribution in [0.2, 0.25) is 0 Å². The van der Waals surface area contributed by atoms with Gasteiger partial charge < -0.3 is 0 Å². The van der Waals surface area contributed by atoms with E-state index < -0.39 is 0 Å². The van der Waals surface area contributed by atoms with Gasteiger partial charge in [-0.25, -0.2) is 0 Å². The predicted molar refractivity (Wildman–Crippen MR) is 80.4 cm³/mol. The molecule has 5 heteroatoms. The second kappa shape index (κ2) is 4.78. The van der Waals surface area contributed by atoms with Gasteiger partial charge in [0, 0.05) is 5.69 Å². The highest BCUT2D eigenvalue weighted by Gasteiger charge is 2.05. The number of aryl methyl sites for hydroxylation is 2. The molecule has 2 rings (SSSR count). The lowest BCUT2D eigenvalue weighted by Crippen LogP contribution is -2.19. The molecule has 0 unspecified atom stereocenters. The third kappa shape index (κ3) is 2.79. The van der Waals surface area contributed by atoms with Crippen molar-refractivity contribution in [2.24, 2.45) is 0 Å². The molecule has 0 radical (unpaired) electrons.